The summed E-state index contributed by atoms with van der Waals surface area (Å²) in [6.45, 7) is 7.10. The second-order valence-electron chi connectivity index (χ2n) is 5.11. The number of likely N-dealkylation sites (tertiary alicyclic amines) is 1. The van der Waals surface area contributed by atoms with Crippen molar-refractivity contribution in [1.29, 1.82) is 0 Å². The van der Waals surface area contributed by atoms with Gasteiger partial charge in [0.15, 0.2) is 0 Å². The van der Waals surface area contributed by atoms with Gasteiger partial charge in [-0.25, -0.2) is 9.59 Å². The average molecular weight is 258 g/mol. The van der Waals surface area contributed by atoms with Crippen LogP contribution in [-0.4, -0.2) is 63.8 Å². The van der Waals surface area contributed by atoms with Gasteiger partial charge in [-0.05, 0) is 12.8 Å². The van der Waals surface area contributed by atoms with Crippen LogP contribution in [0.1, 0.15) is 27.2 Å². The number of aliphatic hydroxyl groups is 1. The van der Waals surface area contributed by atoms with Crippen molar-refractivity contribution in [2.45, 2.75) is 39.3 Å². The number of rotatable bonds is 4. The monoisotopic (exact) mass is 258 g/mol. The molecule has 0 bridgehead atoms. The van der Waals surface area contributed by atoms with E-state index in [1.165, 1.54) is 4.90 Å². The third-order valence-electron chi connectivity index (χ3n) is 3.05. The molecule has 6 nitrogen and oxygen atoms in total. The maximum absolute atomic E-state index is 12.2. The minimum Gasteiger partial charge on any atom is -0.480 e. The third-order valence-corrected chi connectivity index (χ3v) is 3.05. The van der Waals surface area contributed by atoms with E-state index in [0.29, 0.717) is 19.0 Å². The number of carboxylic acid groups (broad SMARTS) is 1. The minimum atomic E-state index is -1.06. The molecule has 0 spiro atoms. The highest BCUT2D eigenvalue weighted by Crippen LogP contribution is 2.20. The number of β-amino-alcohol motifs (C(OH)–C–C–N with tert-alkyl or cyclic N) is 1. The Morgan fingerprint density at radius 2 is 2.06 bits per heavy atom. The maximum Gasteiger partial charge on any atom is 0.326 e. The van der Waals surface area contributed by atoms with E-state index in [2.05, 4.69) is 0 Å². The number of nitrogens with zero attached hydrogens (tertiary/aromatic N) is 2. The molecule has 0 aromatic carbocycles. The highest BCUT2D eigenvalue weighted by molar-refractivity contribution is 5.83. The molecule has 1 aliphatic heterocycles. The second kappa shape index (κ2) is 6.04. The standard InChI is InChI=1S/C12H22N2O4/c1-4-13(6-8(2)3)12(18)14-7-9(15)5-10(14)11(16)17/h8-10,15H,4-7H2,1-3H3,(H,16,17)/t9-,10+/m1/s1. The normalized spacial score (nSPS) is 23.5. The Labute approximate surface area is 107 Å². The van der Waals surface area contributed by atoms with Crippen LogP contribution in [0.2, 0.25) is 0 Å². The lowest BCUT2D eigenvalue weighted by Crippen LogP contribution is -2.49. The first-order valence-corrected chi connectivity index (χ1v) is 6.33. The number of hydrogen-bond donors (Lipinski definition) is 2. The van der Waals surface area contributed by atoms with Crippen LogP contribution in [-0.2, 0) is 4.79 Å². The average Bonchev–Trinajstić information content (AvgIpc) is 2.67. The Hall–Kier alpha value is -1.30. The first kappa shape index (κ1) is 14.8. The first-order valence-electron chi connectivity index (χ1n) is 6.33. The Bertz CT molecular complexity index is 319. The van der Waals surface area contributed by atoms with Crippen molar-refractivity contribution in [3.63, 3.8) is 0 Å². The molecule has 0 aromatic rings. The van der Waals surface area contributed by atoms with Crippen molar-refractivity contribution in [3.8, 4) is 0 Å². The fourth-order valence-corrected chi connectivity index (χ4v) is 2.22. The molecule has 2 N–H and O–H groups in total. The summed E-state index contributed by atoms with van der Waals surface area (Å²) in [4.78, 5) is 26.2. The quantitative estimate of drug-likeness (QED) is 0.774. The van der Waals surface area contributed by atoms with E-state index in [0.717, 1.165) is 0 Å². The van der Waals surface area contributed by atoms with E-state index in [9.17, 15) is 14.7 Å². The van der Waals surface area contributed by atoms with Gasteiger partial charge >= 0.3 is 12.0 Å². The zero-order valence-corrected chi connectivity index (χ0v) is 11.2. The summed E-state index contributed by atoms with van der Waals surface area (Å²) < 4.78 is 0. The van der Waals surface area contributed by atoms with Gasteiger partial charge in [0.05, 0.1) is 6.10 Å². The Morgan fingerprint density at radius 1 is 1.44 bits per heavy atom. The van der Waals surface area contributed by atoms with Crippen molar-refractivity contribution < 1.29 is 19.8 Å². The fourth-order valence-electron chi connectivity index (χ4n) is 2.22. The molecule has 2 atom stereocenters. The highest BCUT2D eigenvalue weighted by atomic mass is 16.4. The summed E-state index contributed by atoms with van der Waals surface area (Å²) in [5.41, 5.74) is 0. The van der Waals surface area contributed by atoms with Crippen molar-refractivity contribution in [2.75, 3.05) is 19.6 Å². The molecule has 104 valence electrons. The maximum atomic E-state index is 12.2. The highest BCUT2D eigenvalue weighted by Gasteiger charge is 2.40. The Kier molecular flexibility index (Phi) is 4.95. The van der Waals surface area contributed by atoms with Crippen LogP contribution in [0, 0.1) is 5.92 Å². The number of carboxylic acids is 1. The summed E-state index contributed by atoms with van der Waals surface area (Å²) in [5, 5.41) is 18.6. The molecule has 18 heavy (non-hydrogen) atoms. The van der Waals surface area contributed by atoms with Crippen LogP contribution < -0.4 is 0 Å². The molecule has 2 amide bonds. The number of carbonyl (C=O) groups excluding carboxylic acids is 1. The molecular formula is C12H22N2O4. The number of hydrogen-bond acceptors (Lipinski definition) is 3. The fraction of sp³-hybridized carbons (Fsp3) is 0.833. The van der Waals surface area contributed by atoms with E-state index in [4.69, 9.17) is 5.11 Å². The zero-order chi connectivity index (χ0) is 13.9. The lowest BCUT2D eigenvalue weighted by molar-refractivity contribution is -0.141. The van der Waals surface area contributed by atoms with Gasteiger partial charge in [-0.2, -0.15) is 0 Å². The first-order chi connectivity index (χ1) is 8.36. The topological polar surface area (TPSA) is 81.1 Å². The SMILES string of the molecule is CCN(CC(C)C)C(=O)N1C[C@H](O)C[C@H]1C(=O)O. The number of aliphatic carboxylic acids is 1. The van der Waals surface area contributed by atoms with Crippen LogP contribution in [0.15, 0.2) is 0 Å². The zero-order valence-electron chi connectivity index (χ0n) is 11.2. The molecule has 6 heteroatoms. The molecule has 0 unspecified atom stereocenters. The van der Waals surface area contributed by atoms with E-state index >= 15 is 0 Å². The molecule has 1 saturated heterocycles. The number of aliphatic hydroxyl groups excluding tert-OH is 1. The molecule has 0 aliphatic carbocycles. The van der Waals surface area contributed by atoms with Crippen LogP contribution in [0.4, 0.5) is 4.79 Å². The smallest absolute Gasteiger partial charge is 0.326 e. The minimum absolute atomic E-state index is 0.102. The van der Waals surface area contributed by atoms with Crippen molar-refractivity contribution in [1.82, 2.24) is 9.80 Å². The van der Waals surface area contributed by atoms with Gasteiger partial charge in [0.1, 0.15) is 6.04 Å². The molecular weight excluding hydrogens is 236 g/mol. The second-order valence-corrected chi connectivity index (χ2v) is 5.11. The predicted molar refractivity (Wildman–Crippen MR) is 66.2 cm³/mol. The van der Waals surface area contributed by atoms with E-state index in [-0.39, 0.29) is 19.0 Å². The number of amides is 2. The van der Waals surface area contributed by atoms with Crippen LogP contribution in [0.25, 0.3) is 0 Å². The summed E-state index contributed by atoms with van der Waals surface area (Å²) in [6.07, 6.45) is -0.631. The molecule has 0 radical (unpaired) electrons. The van der Waals surface area contributed by atoms with Gasteiger partial charge in [0, 0.05) is 26.1 Å². The van der Waals surface area contributed by atoms with E-state index in [1.807, 2.05) is 20.8 Å². The lowest BCUT2D eigenvalue weighted by Gasteiger charge is -2.30. The van der Waals surface area contributed by atoms with E-state index in [1.54, 1.807) is 4.90 Å². The van der Waals surface area contributed by atoms with Crippen molar-refractivity contribution in [2.24, 2.45) is 5.92 Å². The Morgan fingerprint density at radius 3 is 2.50 bits per heavy atom. The number of urea groups is 1. The van der Waals surface area contributed by atoms with Gasteiger partial charge in [-0.15, -0.1) is 0 Å². The van der Waals surface area contributed by atoms with Gasteiger partial charge in [-0.1, -0.05) is 13.8 Å². The molecule has 1 fully saturated rings. The summed E-state index contributed by atoms with van der Waals surface area (Å²) in [6, 6.07) is -1.20. The van der Waals surface area contributed by atoms with Gasteiger partial charge in [0.2, 0.25) is 0 Å². The van der Waals surface area contributed by atoms with E-state index < -0.39 is 18.1 Å². The Balaban J connectivity index is 2.77. The molecule has 1 aliphatic rings. The summed E-state index contributed by atoms with van der Waals surface area (Å²) >= 11 is 0. The van der Waals surface area contributed by atoms with Crippen molar-refractivity contribution >= 4 is 12.0 Å². The third kappa shape index (κ3) is 3.35. The van der Waals surface area contributed by atoms with Crippen LogP contribution in [0.5, 0.6) is 0 Å². The lowest BCUT2D eigenvalue weighted by atomic mass is 10.2. The van der Waals surface area contributed by atoms with Gasteiger partial charge in [0.25, 0.3) is 0 Å². The molecule has 0 aromatic heterocycles. The molecule has 0 saturated carbocycles. The van der Waals surface area contributed by atoms with Gasteiger partial charge in [-0.3, -0.25) is 0 Å². The van der Waals surface area contributed by atoms with Crippen molar-refractivity contribution in [3.05, 3.63) is 0 Å². The van der Waals surface area contributed by atoms with Gasteiger partial charge < -0.3 is 20.0 Å². The van der Waals surface area contributed by atoms with Crippen LogP contribution >= 0.6 is 0 Å². The predicted octanol–water partition coefficient (Wildman–Crippen LogP) is 0.604. The molecule has 1 rings (SSSR count). The number of carbonyl (C=O) groups is 2. The largest absolute Gasteiger partial charge is 0.480 e. The van der Waals surface area contributed by atoms with Crippen LogP contribution in [0.3, 0.4) is 0 Å². The summed E-state index contributed by atoms with van der Waals surface area (Å²) in [5.74, 6) is -0.731. The molecule has 1 heterocycles. The summed E-state index contributed by atoms with van der Waals surface area (Å²) in [7, 11) is 0.